The number of nitrogens with one attached hydrogen (secondary N) is 1. The zero-order valence-electron chi connectivity index (χ0n) is 10.2. The minimum Gasteiger partial charge on any atom is -0.341 e. The molecule has 1 N–H and O–H groups in total. The van der Waals surface area contributed by atoms with Crippen molar-refractivity contribution in [2.45, 2.75) is 19.9 Å². The van der Waals surface area contributed by atoms with Crippen LogP contribution in [0, 0.1) is 0 Å². The summed E-state index contributed by atoms with van der Waals surface area (Å²) in [5, 5.41) is 3.19. The third kappa shape index (κ3) is 2.71. The molecule has 0 saturated heterocycles. The molecule has 0 fully saturated rings. The summed E-state index contributed by atoms with van der Waals surface area (Å²) in [6.07, 6.45) is 3.42. The monoisotopic (exact) mass is 263 g/mol. The average Bonchev–Trinajstić information content (AvgIpc) is 2.81. The fraction of sp³-hybridized carbons (Fsp3) is 0.231. The summed E-state index contributed by atoms with van der Waals surface area (Å²) in [6.45, 7) is 4.06. The highest BCUT2D eigenvalue weighted by molar-refractivity contribution is 6.29. The predicted molar refractivity (Wildman–Crippen MR) is 72.0 cm³/mol. The molecule has 0 aliphatic heterocycles. The third-order valence-corrected chi connectivity index (χ3v) is 2.78. The highest BCUT2D eigenvalue weighted by atomic mass is 35.5. The van der Waals surface area contributed by atoms with E-state index in [4.69, 9.17) is 11.6 Å². The van der Waals surface area contributed by atoms with E-state index in [1.807, 2.05) is 30.7 Å². The smallest absolute Gasteiger partial charge is 0.272 e. The zero-order valence-corrected chi connectivity index (χ0v) is 11.0. The van der Waals surface area contributed by atoms with Gasteiger partial charge in [0.15, 0.2) is 0 Å². The molecule has 0 atom stereocenters. The Morgan fingerprint density at radius 1 is 1.39 bits per heavy atom. The van der Waals surface area contributed by atoms with Gasteiger partial charge < -0.3 is 9.88 Å². The Bertz CT molecular complexity index is 546. The number of carbonyl (C=O) groups is 1. The predicted octanol–water partition coefficient (Wildman–Crippen LogP) is 3.37. The van der Waals surface area contributed by atoms with Crippen molar-refractivity contribution in [2.24, 2.45) is 0 Å². The minimum atomic E-state index is -0.155. The molecule has 4 nitrogen and oxygen atoms in total. The molecule has 1 amide bonds. The number of rotatable bonds is 3. The largest absolute Gasteiger partial charge is 0.341 e. The number of pyridine rings is 1. The molecule has 0 bridgehead atoms. The van der Waals surface area contributed by atoms with Gasteiger partial charge >= 0.3 is 0 Å². The quantitative estimate of drug-likeness (QED) is 0.863. The summed E-state index contributed by atoms with van der Waals surface area (Å²) in [4.78, 5) is 16.0. The Morgan fingerprint density at radius 2 is 2.17 bits per heavy atom. The number of halogens is 1. The highest BCUT2D eigenvalue weighted by Crippen LogP contribution is 2.14. The fourth-order valence-electron chi connectivity index (χ4n) is 1.68. The van der Waals surface area contributed by atoms with E-state index in [1.165, 1.54) is 6.20 Å². The molecule has 2 aromatic rings. The molecule has 0 aliphatic rings. The first-order chi connectivity index (χ1) is 8.58. The molecule has 0 aliphatic carbocycles. The summed E-state index contributed by atoms with van der Waals surface area (Å²) in [5.74, 6) is -0.155. The first-order valence-electron chi connectivity index (χ1n) is 5.67. The molecular weight excluding hydrogens is 250 g/mol. The number of carbonyl (C=O) groups excluding carboxylic acids is 1. The minimum absolute atomic E-state index is 0.155. The number of hydrogen-bond donors (Lipinski definition) is 1. The fourth-order valence-corrected chi connectivity index (χ4v) is 1.79. The van der Waals surface area contributed by atoms with Crippen molar-refractivity contribution < 1.29 is 4.79 Å². The van der Waals surface area contributed by atoms with Crippen LogP contribution in [0.2, 0.25) is 5.15 Å². The van der Waals surface area contributed by atoms with Crippen LogP contribution in [-0.2, 0) is 0 Å². The van der Waals surface area contributed by atoms with Crippen molar-refractivity contribution in [3.8, 4) is 0 Å². The lowest BCUT2D eigenvalue weighted by molar-refractivity contribution is 0.101. The molecule has 5 heteroatoms. The van der Waals surface area contributed by atoms with E-state index in [0.717, 1.165) is 0 Å². The van der Waals surface area contributed by atoms with Gasteiger partial charge in [-0.05, 0) is 38.1 Å². The lowest BCUT2D eigenvalue weighted by atomic mass is 10.3. The Labute approximate surface area is 111 Å². The SMILES string of the molecule is CC(C)n1cccc1C(=O)Nc1ccc(Cl)nc1. The number of nitrogens with zero attached hydrogens (tertiary/aromatic N) is 2. The summed E-state index contributed by atoms with van der Waals surface area (Å²) < 4.78 is 1.92. The number of amides is 1. The Balaban J connectivity index is 2.17. The van der Waals surface area contributed by atoms with Crippen LogP contribution in [0.4, 0.5) is 5.69 Å². The van der Waals surface area contributed by atoms with Gasteiger partial charge in [-0.3, -0.25) is 4.79 Å². The topological polar surface area (TPSA) is 46.9 Å². The molecule has 0 spiro atoms. The van der Waals surface area contributed by atoms with E-state index >= 15 is 0 Å². The Kier molecular flexibility index (Phi) is 3.67. The summed E-state index contributed by atoms with van der Waals surface area (Å²) in [6, 6.07) is 7.24. The number of aromatic nitrogens is 2. The molecule has 2 aromatic heterocycles. The van der Waals surface area contributed by atoms with Crippen LogP contribution in [0.3, 0.4) is 0 Å². The molecule has 0 unspecified atom stereocenters. The van der Waals surface area contributed by atoms with Crippen LogP contribution in [0.25, 0.3) is 0 Å². The van der Waals surface area contributed by atoms with Crippen LogP contribution < -0.4 is 5.32 Å². The van der Waals surface area contributed by atoms with Gasteiger partial charge in [0, 0.05) is 12.2 Å². The maximum absolute atomic E-state index is 12.1. The molecule has 18 heavy (non-hydrogen) atoms. The van der Waals surface area contributed by atoms with E-state index in [0.29, 0.717) is 16.5 Å². The van der Waals surface area contributed by atoms with Crippen LogP contribution in [-0.4, -0.2) is 15.5 Å². The number of anilines is 1. The van der Waals surface area contributed by atoms with Gasteiger partial charge in [-0.25, -0.2) is 4.98 Å². The maximum Gasteiger partial charge on any atom is 0.272 e. The van der Waals surface area contributed by atoms with E-state index in [-0.39, 0.29) is 11.9 Å². The van der Waals surface area contributed by atoms with Crippen molar-refractivity contribution in [3.63, 3.8) is 0 Å². The van der Waals surface area contributed by atoms with Gasteiger partial charge in [0.25, 0.3) is 5.91 Å². The van der Waals surface area contributed by atoms with Crippen LogP contribution in [0.15, 0.2) is 36.7 Å². The summed E-state index contributed by atoms with van der Waals surface area (Å²) in [5.41, 5.74) is 1.25. The van der Waals surface area contributed by atoms with Gasteiger partial charge in [0.2, 0.25) is 0 Å². The Hall–Kier alpha value is -1.81. The lowest BCUT2D eigenvalue weighted by Gasteiger charge is -2.12. The molecule has 2 heterocycles. The van der Waals surface area contributed by atoms with Crippen molar-refractivity contribution in [1.82, 2.24) is 9.55 Å². The van der Waals surface area contributed by atoms with Crippen molar-refractivity contribution in [3.05, 3.63) is 47.5 Å². The summed E-state index contributed by atoms with van der Waals surface area (Å²) in [7, 11) is 0. The molecule has 94 valence electrons. The van der Waals surface area contributed by atoms with E-state index in [1.54, 1.807) is 18.2 Å². The van der Waals surface area contributed by atoms with Gasteiger partial charge in [-0.1, -0.05) is 11.6 Å². The first kappa shape index (κ1) is 12.6. The van der Waals surface area contributed by atoms with Gasteiger partial charge in [-0.2, -0.15) is 0 Å². The molecule has 0 radical (unpaired) electrons. The maximum atomic E-state index is 12.1. The average molecular weight is 264 g/mol. The normalized spacial score (nSPS) is 10.7. The lowest BCUT2D eigenvalue weighted by Crippen LogP contribution is -2.17. The second-order valence-electron chi connectivity index (χ2n) is 4.22. The Morgan fingerprint density at radius 3 is 2.78 bits per heavy atom. The molecular formula is C13H14ClN3O. The standard InChI is InChI=1S/C13H14ClN3O/c1-9(2)17-7-3-4-11(17)13(18)16-10-5-6-12(14)15-8-10/h3-9H,1-2H3,(H,16,18). The van der Waals surface area contributed by atoms with Crippen LogP contribution in [0.5, 0.6) is 0 Å². The molecule has 0 aromatic carbocycles. The van der Waals surface area contributed by atoms with Gasteiger partial charge in [-0.15, -0.1) is 0 Å². The van der Waals surface area contributed by atoms with Crippen LogP contribution in [0.1, 0.15) is 30.4 Å². The van der Waals surface area contributed by atoms with Crippen LogP contribution >= 0.6 is 11.6 Å². The summed E-state index contributed by atoms with van der Waals surface area (Å²) >= 11 is 5.69. The van der Waals surface area contributed by atoms with E-state index < -0.39 is 0 Å². The van der Waals surface area contributed by atoms with Crippen molar-refractivity contribution >= 4 is 23.2 Å². The highest BCUT2D eigenvalue weighted by Gasteiger charge is 2.12. The van der Waals surface area contributed by atoms with Gasteiger partial charge in [0.05, 0.1) is 11.9 Å². The van der Waals surface area contributed by atoms with Crippen molar-refractivity contribution in [1.29, 1.82) is 0 Å². The van der Waals surface area contributed by atoms with Crippen molar-refractivity contribution in [2.75, 3.05) is 5.32 Å². The molecule has 2 rings (SSSR count). The first-order valence-corrected chi connectivity index (χ1v) is 6.05. The second kappa shape index (κ2) is 5.23. The van der Waals surface area contributed by atoms with E-state index in [9.17, 15) is 4.79 Å². The van der Waals surface area contributed by atoms with Gasteiger partial charge in [0.1, 0.15) is 10.8 Å². The third-order valence-electron chi connectivity index (χ3n) is 2.55. The zero-order chi connectivity index (χ0) is 13.1. The van der Waals surface area contributed by atoms with E-state index in [2.05, 4.69) is 10.3 Å². The molecule has 0 saturated carbocycles. The second-order valence-corrected chi connectivity index (χ2v) is 4.61. The number of hydrogen-bond acceptors (Lipinski definition) is 2.